The Kier molecular flexibility index (Phi) is 5.05. The van der Waals surface area contributed by atoms with Crippen LogP contribution in [0.5, 0.6) is 0 Å². The molecule has 0 aromatic carbocycles. The summed E-state index contributed by atoms with van der Waals surface area (Å²) in [4.78, 5) is 23.9. The molecule has 4 aliphatic carbocycles. The molecule has 4 rings (SSSR count). The maximum Gasteiger partial charge on any atom is 0.305 e. The second-order valence-electron chi connectivity index (χ2n) is 8.03. The van der Waals surface area contributed by atoms with E-state index >= 15 is 0 Å². The first-order chi connectivity index (χ1) is 10.9. The van der Waals surface area contributed by atoms with Gasteiger partial charge in [0.25, 0.3) is 0 Å². The van der Waals surface area contributed by atoms with Crippen molar-refractivity contribution in [1.29, 1.82) is 0 Å². The zero-order chi connectivity index (χ0) is 16.5. The fourth-order valence-electron chi connectivity index (χ4n) is 5.48. The minimum absolute atomic E-state index is 0.112. The van der Waals surface area contributed by atoms with E-state index in [0.29, 0.717) is 6.42 Å². The van der Waals surface area contributed by atoms with Crippen LogP contribution >= 0.6 is 15.9 Å². The van der Waals surface area contributed by atoms with Crippen molar-refractivity contribution in [3.05, 3.63) is 0 Å². The summed E-state index contributed by atoms with van der Waals surface area (Å²) in [5, 5.41) is 3.18. The van der Waals surface area contributed by atoms with Crippen LogP contribution in [0.15, 0.2) is 0 Å². The smallest absolute Gasteiger partial charge is 0.305 e. The molecule has 0 aliphatic heterocycles. The van der Waals surface area contributed by atoms with E-state index in [0.717, 1.165) is 56.9 Å². The third kappa shape index (κ3) is 3.75. The Morgan fingerprint density at radius 3 is 2.43 bits per heavy atom. The highest BCUT2D eigenvalue weighted by Gasteiger charge is 2.59. The molecule has 23 heavy (non-hydrogen) atoms. The van der Waals surface area contributed by atoms with Crippen LogP contribution in [0.25, 0.3) is 0 Å². The van der Waals surface area contributed by atoms with Gasteiger partial charge in [-0.3, -0.25) is 9.59 Å². The Hall–Kier alpha value is -0.580. The standard InChI is InChI=1S/C18H28BrNO3/c1-23-15(21)5-3-2-4-6-20-16(22)17-8-13-7-14(9-17)11-18(19,10-13)12-17/h13-14H,2-12H2,1H3,(H,20,22). The lowest BCUT2D eigenvalue weighted by Gasteiger charge is -2.59. The number of esters is 1. The van der Waals surface area contributed by atoms with E-state index in [-0.39, 0.29) is 21.6 Å². The summed E-state index contributed by atoms with van der Waals surface area (Å²) in [6.45, 7) is 0.729. The Bertz CT molecular complexity index is 465. The molecule has 0 heterocycles. The van der Waals surface area contributed by atoms with Gasteiger partial charge >= 0.3 is 5.97 Å². The molecule has 0 spiro atoms. The van der Waals surface area contributed by atoms with Crippen LogP contribution in [0.2, 0.25) is 0 Å². The number of ether oxygens (including phenoxy) is 1. The van der Waals surface area contributed by atoms with Crippen molar-refractivity contribution in [3.8, 4) is 0 Å². The Labute approximate surface area is 147 Å². The summed E-state index contributed by atoms with van der Waals surface area (Å²) in [5.41, 5.74) is -0.112. The van der Waals surface area contributed by atoms with Gasteiger partial charge in [0, 0.05) is 17.3 Å². The van der Waals surface area contributed by atoms with Crippen LogP contribution in [-0.4, -0.2) is 29.9 Å². The number of halogens is 1. The highest BCUT2D eigenvalue weighted by atomic mass is 79.9. The van der Waals surface area contributed by atoms with Crippen molar-refractivity contribution < 1.29 is 14.3 Å². The average molecular weight is 386 g/mol. The molecule has 0 radical (unpaired) electrons. The Morgan fingerprint density at radius 1 is 1.13 bits per heavy atom. The number of carbonyl (C=O) groups excluding carboxylic acids is 2. The maximum atomic E-state index is 12.8. The maximum absolute atomic E-state index is 12.8. The van der Waals surface area contributed by atoms with Crippen molar-refractivity contribution in [2.75, 3.05) is 13.7 Å². The summed E-state index contributed by atoms with van der Waals surface area (Å²) >= 11 is 3.96. The zero-order valence-electron chi connectivity index (χ0n) is 14.0. The van der Waals surface area contributed by atoms with E-state index in [2.05, 4.69) is 26.0 Å². The molecule has 0 aromatic heterocycles. The number of alkyl halides is 1. The topological polar surface area (TPSA) is 55.4 Å². The molecular weight excluding hydrogens is 358 g/mol. The molecule has 4 fully saturated rings. The SMILES string of the molecule is COC(=O)CCCCCNC(=O)C12CC3CC(CC(Br)(C3)C1)C2. The van der Waals surface area contributed by atoms with E-state index < -0.39 is 0 Å². The van der Waals surface area contributed by atoms with Crippen molar-refractivity contribution in [3.63, 3.8) is 0 Å². The largest absolute Gasteiger partial charge is 0.469 e. The molecule has 5 heteroatoms. The Balaban J connectivity index is 1.43. The van der Waals surface area contributed by atoms with Crippen molar-refractivity contribution >= 4 is 27.8 Å². The lowest BCUT2D eigenvalue weighted by Crippen LogP contribution is -2.58. The van der Waals surface area contributed by atoms with Gasteiger partial charge in [-0.15, -0.1) is 0 Å². The highest BCUT2D eigenvalue weighted by Crippen LogP contribution is 2.64. The van der Waals surface area contributed by atoms with Crippen LogP contribution in [-0.2, 0) is 14.3 Å². The van der Waals surface area contributed by atoms with Gasteiger partial charge in [-0.25, -0.2) is 0 Å². The fraction of sp³-hybridized carbons (Fsp3) is 0.889. The number of carbonyl (C=O) groups is 2. The fourth-order valence-corrected chi connectivity index (χ4v) is 6.93. The second-order valence-corrected chi connectivity index (χ2v) is 9.72. The molecule has 2 unspecified atom stereocenters. The molecule has 4 bridgehead atoms. The lowest BCUT2D eigenvalue weighted by atomic mass is 9.49. The first-order valence-corrected chi connectivity index (χ1v) is 9.78. The molecule has 4 aliphatic rings. The molecule has 130 valence electrons. The van der Waals surface area contributed by atoms with Gasteiger partial charge in [0.05, 0.1) is 12.5 Å². The van der Waals surface area contributed by atoms with Crippen LogP contribution in [0.4, 0.5) is 0 Å². The van der Waals surface area contributed by atoms with Crippen LogP contribution in [0.1, 0.15) is 64.2 Å². The predicted molar refractivity (Wildman–Crippen MR) is 92.3 cm³/mol. The molecule has 0 aromatic rings. The van der Waals surface area contributed by atoms with Crippen LogP contribution in [0.3, 0.4) is 0 Å². The predicted octanol–water partition coefficient (Wildman–Crippen LogP) is 3.57. The van der Waals surface area contributed by atoms with E-state index in [1.807, 2.05) is 0 Å². The minimum atomic E-state index is -0.148. The Morgan fingerprint density at radius 2 is 1.83 bits per heavy atom. The average Bonchev–Trinajstić information content (AvgIpc) is 2.47. The monoisotopic (exact) mass is 385 g/mol. The third-order valence-electron chi connectivity index (χ3n) is 6.04. The van der Waals surface area contributed by atoms with Gasteiger partial charge < -0.3 is 10.1 Å². The third-order valence-corrected chi connectivity index (χ3v) is 6.97. The van der Waals surface area contributed by atoms with E-state index in [4.69, 9.17) is 0 Å². The molecule has 0 saturated heterocycles. The van der Waals surface area contributed by atoms with Gasteiger partial charge in [-0.2, -0.15) is 0 Å². The molecule has 4 nitrogen and oxygen atoms in total. The van der Waals surface area contributed by atoms with Gasteiger partial charge in [0.1, 0.15) is 0 Å². The molecular formula is C18H28BrNO3. The number of hydrogen-bond acceptors (Lipinski definition) is 3. The summed E-state index contributed by atoms with van der Waals surface area (Å²) < 4.78 is 4.86. The van der Waals surface area contributed by atoms with E-state index in [9.17, 15) is 9.59 Å². The minimum Gasteiger partial charge on any atom is -0.469 e. The van der Waals surface area contributed by atoms with Gasteiger partial charge in [-0.05, 0) is 63.2 Å². The number of rotatable bonds is 7. The number of hydrogen-bond donors (Lipinski definition) is 1. The second kappa shape index (κ2) is 6.73. The van der Waals surface area contributed by atoms with Crippen LogP contribution in [0, 0.1) is 17.3 Å². The van der Waals surface area contributed by atoms with Crippen molar-refractivity contribution in [1.82, 2.24) is 5.32 Å². The van der Waals surface area contributed by atoms with Gasteiger partial charge in [-0.1, -0.05) is 22.4 Å². The van der Waals surface area contributed by atoms with Crippen molar-refractivity contribution in [2.24, 2.45) is 17.3 Å². The highest BCUT2D eigenvalue weighted by molar-refractivity contribution is 9.10. The summed E-state index contributed by atoms with van der Waals surface area (Å²) in [6.07, 6.45) is 10.2. The zero-order valence-corrected chi connectivity index (χ0v) is 15.6. The first kappa shape index (κ1) is 17.2. The van der Waals surface area contributed by atoms with Gasteiger partial charge in [0.2, 0.25) is 5.91 Å². The number of amides is 1. The number of unbranched alkanes of at least 4 members (excludes halogenated alkanes) is 2. The van der Waals surface area contributed by atoms with Gasteiger partial charge in [0.15, 0.2) is 0 Å². The molecule has 1 amide bonds. The summed E-state index contributed by atoms with van der Waals surface area (Å²) in [6, 6.07) is 0. The molecule has 2 atom stereocenters. The van der Waals surface area contributed by atoms with Crippen LogP contribution < -0.4 is 5.32 Å². The number of nitrogens with one attached hydrogen (secondary N) is 1. The first-order valence-electron chi connectivity index (χ1n) is 8.99. The van der Waals surface area contributed by atoms with E-state index in [1.165, 1.54) is 26.4 Å². The lowest BCUT2D eigenvalue weighted by molar-refractivity contribution is -0.144. The normalized spacial score (nSPS) is 37.7. The number of methoxy groups -OCH3 is 1. The quantitative estimate of drug-likeness (QED) is 0.414. The molecule has 4 saturated carbocycles. The summed E-state index contributed by atoms with van der Waals surface area (Å²) in [7, 11) is 1.42. The van der Waals surface area contributed by atoms with Crippen molar-refractivity contribution in [2.45, 2.75) is 68.5 Å². The summed E-state index contributed by atoms with van der Waals surface area (Å²) in [5.74, 6) is 1.61. The van der Waals surface area contributed by atoms with E-state index in [1.54, 1.807) is 0 Å². The molecule has 1 N–H and O–H groups in total.